The van der Waals surface area contributed by atoms with Crippen LogP contribution in [-0.2, 0) is 0 Å². The number of nitrogens with zero attached hydrogens (tertiary/aromatic N) is 2. The van der Waals surface area contributed by atoms with Crippen LogP contribution >= 0.6 is 11.6 Å². The predicted octanol–water partition coefficient (Wildman–Crippen LogP) is 8.06. The van der Waals surface area contributed by atoms with E-state index in [0.29, 0.717) is 11.6 Å². The van der Waals surface area contributed by atoms with Crippen LogP contribution in [0.15, 0.2) is 48.5 Å². The highest BCUT2D eigenvalue weighted by molar-refractivity contribution is 6.31. The molecule has 2 aromatic carbocycles. The van der Waals surface area contributed by atoms with Crippen LogP contribution < -0.4 is 4.74 Å². The van der Waals surface area contributed by atoms with Gasteiger partial charge >= 0.3 is 0 Å². The van der Waals surface area contributed by atoms with E-state index in [1.807, 2.05) is 48.5 Å². The van der Waals surface area contributed by atoms with Crippen molar-refractivity contribution in [2.24, 2.45) is 0 Å². The quantitative estimate of drug-likeness (QED) is 0.216. The van der Waals surface area contributed by atoms with Gasteiger partial charge in [0.05, 0.1) is 24.4 Å². The molecule has 0 fully saturated rings. The van der Waals surface area contributed by atoms with Crippen molar-refractivity contribution < 1.29 is 9.84 Å². The van der Waals surface area contributed by atoms with Gasteiger partial charge in [-0.05, 0) is 74.0 Å². The molecule has 0 amide bonds. The van der Waals surface area contributed by atoms with Crippen molar-refractivity contribution in [3.8, 4) is 17.0 Å². The van der Waals surface area contributed by atoms with E-state index in [2.05, 4.69) is 18.7 Å². The number of benzene rings is 2. The molecule has 0 radical (unpaired) electrons. The lowest BCUT2D eigenvalue weighted by Gasteiger charge is -2.26. The third-order valence-corrected chi connectivity index (χ3v) is 6.87. The maximum atomic E-state index is 11.5. The average molecular weight is 497 g/mol. The van der Waals surface area contributed by atoms with Crippen LogP contribution in [0.2, 0.25) is 5.02 Å². The molecule has 0 aliphatic carbocycles. The molecular weight excluding hydrogens is 456 g/mol. The summed E-state index contributed by atoms with van der Waals surface area (Å²) in [4.78, 5) is 7.32. The van der Waals surface area contributed by atoms with E-state index in [4.69, 9.17) is 21.3 Å². The maximum absolute atomic E-state index is 11.5. The average Bonchev–Trinajstić information content (AvgIpc) is 2.88. The summed E-state index contributed by atoms with van der Waals surface area (Å²) in [5, 5.41) is 13.1. The normalized spacial score (nSPS) is 12.4. The van der Waals surface area contributed by atoms with Crippen LogP contribution in [0, 0.1) is 0 Å². The van der Waals surface area contributed by atoms with Gasteiger partial charge in [-0.2, -0.15) is 0 Å². The van der Waals surface area contributed by atoms with Crippen LogP contribution in [0.4, 0.5) is 0 Å². The summed E-state index contributed by atoms with van der Waals surface area (Å²) in [7, 11) is 1.66. The fourth-order valence-corrected chi connectivity index (χ4v) is 4.74. The van der Waals surface area contributed by atoms with Crippen molar-refractivity contribution in [1.82, 2.24) is 9.88 Å². The minimum atomic E-state index is -0.601. The Morgan fingerprint density at radius 2 is 1.54 bits per heavy atom. The summed E-state index contributed by atoms with van der Waals surface area (Å²) in [6.07, 6.45) is 9.26. The second kappa shape index (κ2) is 14.4. The first-order valence-electron chi connectivity index (χ1n) is 13.2. The number of methoxy groups -OCH3 is 1. The van der Waals surface area contributed by atoms with Gasteiger partial charge in [0.25, 0.3) is 0 Å². The Hall–Kier alpha value is -2.14. The molecule has 1 aromatic heterocycles. The zero-order valence-corrected chi connectivity index (χ0v) is 22.4. The van der Waals surface area contributed by atoms with Crippen molar-refractivity contribution in [3.05, 3.63) is 59.1 Å². The van der Waals surface area contributed by atoms with Crippen LogP contribution in [0.5, 0.6) is 5.75 Å². The van der Waals surface area contributed by atoms with Crippen molar-refractivity contribution in [2.75, 3.05) is 26.7 Å². The first-order valence-corrected chi connectivity index (χ1v) is 13.6. The summed E-state index contributed by atoms with van der Waals surface area (Å²) in [6, 6.07) is 15.6. The van der Waals surface area contributed by atoms with Crippen molar-refractivity contribution in [3.63, 3.8) is 0 Å². The number of fused-ring (bicyclic) bond motifs is 1. The molecule has 0 bridgehead atoms. The maximum Gasteiger partial charge on any atom is 0.118 e. The lowest BCUT2D eigenvalue weighted by atomic mass is 9.99. The molecule has 0 spiro atoms. The second-order valence-corrected chi connectivity index (χ2v) is 9.86. The lowest BCUT2D eigenvalue weighted by Crippen LogP contribution is -2.31. The van der Waals surface area contributed by atoms with Gasteiger partial charge in [0.15, 0.2) is 0 Å². The molecule has 0 aliphatic rings. The van der Waals surface area contributed by atoms with Gasteiger partial charge in [0.2, 0.25) is 0 Å². The summed E-state index contributed by atoms with van der Waals surface area (Å²) in [5.74, 6) is 0.805. The summed E-state index contributed by atoms with van der Waals surface area (Å²) < 4.78 is 5.31. The molecule has 3 aromatic rings. The highest BCUT2D eigenvalue weighted by Crippen LogP contribution is 2.31. The van der Waals surface area contributed by atoms with Gasteiger partial charge in [-0.1, -0.05) is 70.0 Å². The largest absolute Gasteiger partial charge is 0.497 e. The monoisotopic (exact) mass is 496 g/mol. The molecule has 0 saturated carbocycles. The van der Waals surface area contributed by atoms with Gasteiger partial charge in [0.1, 0.15) is 5.75 Å². The minimum absolute atomic E-state index is 0.601. The molecule has 1 unspecified atom stereocenters. The number of hydrogen-bond donors (Lipinski definition) is 1. The fraction of sp³-hybridized carbons (Fsp3) is 0.500. The highest BCUT2D eigenvalue weighted by atomic mass is 35.5. The number of rotatable bonds is 15. The van der Waals surface area contributed by atoms with Gasteiger partial charge in [-0.3, -0.25) is 0 Å². The Bertz CT molecular complexity index is 1030. The van der Waals surface area contributed by atoms with Gasteiger partial charge < -0.3 is 14.7 Å². The second-order valence-electron chi connectivity index (χ2n) is 9.42. The van der Waals surface area contributed by atoms with Gasteiger partial charge in [0, 0.05) is 22.5 Å². The molecule has 190 valence electrons. The Labute approximate surface area is 216 Å². The van der Waals surface area contributed by atoms with Crippen LogP contribution in [0.1, 0.15) is 76.9 Å². The molecule has 3 rings (SSSR count). The Morgan fingerprint density at radius 1 is 0.886 bits per heavy atom. The molecule has 4 nitrogen and oxygen atoms in total. The smallest absolute Gasteiger partial charge is 0.118 e. The Morgan fingerprint density at radius 3 is 2.14 bits per heavy atom. The molecule has 0 saturated heterocycles. The fourth-order valence-electron chi connectivity index (χ4n) is 4.58. The number of hydrogen-bond acceptors (Lipinski definition) is 4. The topological polar surface area (TPSA) is 45.6 Å². The minimum Gasteiger partial charge on any atom is -0.497 e. The Balaban J connectivity index is 1.87. The summed E-state index contributed by atoms with van der Waals surface area (Å²) in [6.45, 7) is 7.18. The number of aromatic nitrogens is 1. The Kier molecular flexibility index (Phi) is 11.3. The van der Waals surface area contributed by atoms with E-state index in [-0.39, 0.29) is 0 Å². The third-order valence-electron chi connectivity index (χ3n) is 6.64. The molecular formula is C30H41ClN2O2. The molecule has 1 heterocycles. The zero-order chi connectivity index (χ0) is 25.0. The number of halogens is 1. The van der Waals surface area contributed by atoms with E-state index in [0.717, 1.165) is 46.6 Å². The molecule has 0 aliphatic heterocycles. The third kappa shape index (κ3) is 8.20. The van der Waals surface area contributed by atoms with E-state index in [1.165, 1.54) is 51.4 Å². The molecule has 5 heteroatoms. The van der Waals surface area contributed by atoms with Crippen molar-refractivity contribution >= 4 is 22.5 Å². The molecule has 1 N–H and O–H groups in total. The molecule has 35 heavy (non-hydrogen) atoms. The van der Waals surface area contributed by atoms with Gasteiger partial charge in [-0.25, -0.2) is 4.98 Å². The lowest BCUT2D eigenvalue weighted by molar-refractivity contribution is 0.111. The first-order chi connectivity index (χ1) is 17.0. The van der Waals surface area contributed by atoms with Crippen LogP contribution in [0.3, 0.4) is 0 Å². The van der Waals surface area contributed by atoms with Gasteiger partial charge in [-0.15, -0.1) is 0 Å². The van der Waals surface area contributed by atoms with Crippen molar-refractivity contribution in [2.45, 2.75) is 71.3 Å². The standard InChI is InChI=1S/C30H41ClN2O2/c1-4-6-8-10-18-33(19-11-9-7-5-2)22-30(34)27-21-28(23-12-15-25(35-3)16-13-23)32-29-20-24(31)14-17-26(27)29/h12-17,20-21,30,34H,4-11,18-19,22H2,1-3H3. The molecule has 1 atom stereocenters. The summed E-state index contributed by atoms with van der Waals surface area (Å²) in [5.41, 5.74) is 3.52. The number of unbranched alkanes of at least 4 members (excludes halogenated alkanes) is 6. The van der Waals surface area contributed by atoms with Crippen LogP contribution in [-0.4, -0.2) is 41.7 Å². The van der Waals surface area contributed by atoms with Crippen molar-refractivity contribution in [1.29, 1.82) is 0 Å². The van der Waals surface area contributed by atoms with E-state index >= 15 is 0 Å². The van der Waals surface area contributed by atoms with E-state index in [9.17, 15) is 5.11 Å². The van der Waals surface area contributed by atoms with E-state index in [1.54, 1.807) is 7.11 Å². The number of aliphatic hydroxyl groups is 1. The van der Waals surface area contributed by atoms with Crippen LogP contribution in [0.25, 0.3) is 22.2 Å². The zero-order valence-electron chi connectivity index (χ0n) is 21.6. The number of ether oxygens (including phenoxy) is 1. The van der Waals surface area contributed by atoms with E-state index < -0.39 is 6.10 Å². The SMILES string of the molecule is CCCCCCN(CCCCCC)CC(O)c1cc(-c2ccc(OC)cc2)nc2cc(Cl)ccc12. The first kappa shape index (κ1) is 27.4. The highest BCUT2D eigenvalue weighted by Gasteiger charge is 2.18. The predicted molar refractivity (Wildman–Crippen MR) is 148 cm³/mol. The number of pyridine rings is 1. The number of aliphatic hydroxyl groups excluding tert-OH is 1. The summed E-state index contributed by atoms with van der Waals surface area (Å²) >= 11 is 6.31.